The fourth-order valence-electron chi connectivity index (χ4n) is 6.47. The number of likely N-dealkylation sites (tertiary alicyclic amines) is 1. The van der Waals surface area contributed by atoms with Crippen LogP contribution in [0, 0.1) is 18.3 Å². The van der Waals surface area contributed by atoms with Gasteiger partial charge in [-0.1, -0.05) is 54.1 Å². The van der Waals surface area contributed by atoms with Crippen LogP contribution < -0.4 is 20.5 Å². The molecule has 1 fully saturated rings. The Labute approximate surface area is 299 Å². The van der Waals surface area contributed by atoms with Gasteiger partial charge in [-0.05, 0) is 111 Å². The van der Waals surface area contributed by atoms with E-state index in [4.69, 9.17) is 26.8 Å². The highest BCUT2D eigenvalue weighted by Crippen LogP contribution is 2.36. The third-order valence-electron chi connectivity index (χ3n) is 9.41. The van der Waals surface area contributed by atoms with Gasteiger partial charge in [0.15, 0.2) is 0 Å². The highest BCUT2D eigenvalue weighted by molar-refractivity contribution is 6.32. The lowest BCUT2D eigenvalue weighted by atomic mass is 9.94. The number of rotatable bonds is 17. The van der Waals surface area contributed by atoms with Crippen molar-refractivity contribution in [2.75, 3.05) is 26.2 Å². The molecule has 5 aromatic rings. The van der Waals surface area contributed by atoms with E-state index in [0.717, 1.165) is 41.8 Å². The number of nitriles is 1. The van der Waals surface area contributed by atoms with Gasteiger partial charge < -0.3 is 30.0 Å². The average molecular weight is 690 g/mol. The number of nitrogens with one attached hydrogen (secondary N) is 1. The first-order valence-corrected chi connectivity index (χ1v) is 17.7. The lowest BCUT2D eigenvalue weighted by Gasteiger charge is -2.30. The maximum Gasteiger partial charge on any atom is 0.217 e. The first-order valence-electron chi connectivity index (χ1n) is 17.3. The Morgan fingerprint density at radius 1 is 0.920 bits per heavy atom. The van der Waals surface area contributed by atoms with E-state index in [2.05, 4.69) is 76.4 Å². The highest BCUT2D eigenvalue weighted by atomic mass is 35.5. The van der Waals surface area contributed by atoms with E-state index in [1.807, 2.05) is 30.3 Å². The fourth-order valence-corrected chi connectivity index (χ4v) is 6.71. The van der Waals surface area contributed by atoms with Crippen LogP contribution in [-0.4, -0.2) is 41.6 Å². The molecule has 9 heteroatoms. The van der Waals surface area contributed by atoms with Crippen molar-refractivity contribution in [3.63, 3.8) is 0 Å². The van der Waals surface area contributed by atoms with Gasteiger partial charge in [0.05, 0.1) is 16.7 Å². The Balaban J connectivity index is 1.18. The van der Waals surface area contributed by atoms with Crippen LogP contribution in [0.25, 0.3) is 22.0 Å². The summed E-state index contributed by atoms with van der Waals surface area (Å²) in [6.45, 7) is 8.51. The van der Waals surface area contributed by atoms with Crippen molar-refractivity contribution in [2.45, 2.75) is 58.9 Å². The van der Waals surface area contributed by atoms with Crippen molar-refractivity contribution < 1.29 is 14.3 Å². The van der Waals surface area contributed by atoms with E-state index < -0.39 is 0 Å². The van der Waals surface area contributed by atoms with E-state index in [1.165, 1.54) is 41.5 Å². The number of hydrogen-bond donors (Lipinski definition) is 2. The summed E-state index contributed by atoms with van der Waals surface area (Å²) in [5.74, 6) is 0.827. The number of benzene rings is 4. The van der Waals surface area contributed by atoms with E-state index in [0.29, 0.717) is 54.6 Å². The maximum atomic E-state index is 11.1. The molecule has 0 spiro atoms. The summed E-state index contributed by atoms with van der Waals surface area (Å²) < 4.78 is 15.0. The number of carbonyl (C=O) groups is 1. The van der Waals surface area contributed by atoms with E-state index in [9.17, 15) is 10.1 Å². The molecule has 3 N–H and O–H groups in total. The summed E-state index contributed by atoms with van der Waals surface area (Å²) in [5, 5.41) is 14.4. The Morgan fingerprint density at radius 3 is 2.52 bits per heavy atom. The first-order chi connectivity index (χ1) is 24.4. The number of amides is 1. The number of nitrogens with two attached hydrogens (primary N) is 1. The zero-order valence-corrected chi connectivity index (χ0v) is 29.3. The van der Waals surface area contributed by atoms with Crippen LogP contribution in [0.3, 0.4) is 0 Å². The minimum atomic E-state index is -0.319. The van der Waals surface area contributed by atoms with Crippen LogP contribution in [-0.2, 0) is 31.1 Å². The Hall–Kier alpha value is -4.81. The predicted octanol–water partition coefficient (Wildman–Crippen LogP) is 7.75. The molecule has 50 heavy (non-hydrogen) atoms. The molecule has 258 valence electrons. The van der Waals surface area contributed by atoms with Gasteiger partial charge in [-0.15, -0.1) is 0 Å². The monoisotopic (exact) mass is 689 g/mol. The Morgan fingerprint density at radius 2 is 1.72 bits per heavy atom. The zero-order valence-electron chi connectivity index (χ0n) is 28.6. The second-order valence-corrected chi connectivity index (χ2v) is 13.3. The molecule has 8 nitrogen and oxygen atoms in total. The number of ether oxygens (including phenoxy) is 2. The number of aryl methyl sites for hydroxylation is 1. The van der Waals surface area contributed by atoms with Crippen molar-refractivity contribution in [1.82, 2.24) is 14.8 Å². The number of nitrogens with zero attached hydrogens (tertiary/aromatic N) is 3. The van der Waals surface area contributed by atoms with Gasteiger partial charge in [-0.3, -0.25) is 4.79 Å². The molecule has 0 unspecified atom stereocenters. The molecule has 1 aliphatic heterocycles. The molecule has 0 atom stereocenters. The first kappa shape index (κ1) is 35.0. The summed E-state index contributed by atoms with van der Waals surface area (Å²) in [6.07, 6.45) is 5.65. The number of hydrogen-bond acceptors (Lipinski definition) is 6. The molecular formula is C41H44ClN5O3. The number of primary amides is 1. The molecule has 0 saturated carbocycles. The summed E-state index contributed by atoms with van der Waals surface area (Å²) in [6, 6.07) is 28.4. The molecule has 4 aromatic carbocycles. The van der Waals surface area contributed by atoms with Gasteiger partial charge in [0.1, 0.15) is 24.7 Å². The third kappa shape index (κ3) is 8.67. The van der Waals surface area contributed by atoms with Crippen molar-refractivity contribution in [3.05, 3.63) is 118 Å². The van der Waals surface area contributed by atoms with Crippen LogP contribution in [0.4, 0.5) is 0 Å². The highest BCUT2D eigenvalue weighted by Gasteiger charge is 2.16. The van der Waals surface area contributed by atoms with Crippen molar-refractivity contribution in [2.24, 2.45) is 5.73 Å². The molecule has 1 aliphatic rings. The summed E-state index contributed by atoms with van der Waals surface area (Å²) in [4.78, 5) is 13.7. The van der Waals surface area contributed by atoms with E-state index in [1.54, 1.807) is 6.07 Å². The molecule has 2 heterocycles. The largest absolute Gasteiger partial charge is 0.488 e. The molecule has 0 bridgehead atoms. The second kappa shape index (κ2) is 16.7. The smallest absolute Gasteiger partial charge is 0.217 e. The maximum absolute atomic E-state index is 11.1. The zero-order chi connectivity index (χ0) is 34.9. The van der Waals surface area contributed by atoms with Crippen LogP contribution in [0.15, 0.2) is 85.1 Å². The predicted molar refractivity (Wildman–Crippen MR) is 199 cm³/mol. The lowest BCUT2D eigenvalue weighted by Crippen LogP contribution is -2.37. The summed E-state index contributed by atoms with van der Waals surface area (Å²) in [7, 11) is 0. The van der Waals surface area contributed by atoms with Crippen LogP contribution in [0.1, 0.15) is 53.5 Å². The normalized spacial score (nSPS) is 12.8. The van der Waals surface area contributed by atoms with Crippen molar-refractivity contribution in [3.8, 4) is 28.7 Å². The molecule has 1 saturated heterocycles. The van der Waals surface area contributed by atoms with Gasteiger partial charge in [0, 0.05) is 48.2 Å². The molecule has 0 radical (unpaired) electrons. The molecule has 1 aromatic heterocycles. The molecule has 1 amide bonds. The lowest BCUT2D eigenvalue weighted by molar-refractivity contribution is -0.118. The van der Waals surface area contributed by atoms with Gasteiger partial charge in [0.2, 0.25) is 5.91 Å². The summed E-state index contributed by atoms with van der Waals surface area (Å²) >= 11 is 6.79. The quantitative estimate of drug-likeness (QED) is 0.0968. The number of halogens is 1. The van der Waals surface area contributed by atoms with E-state index >= 15 is 0 Å². The van der Waals surface area contributed by atoms with Gasteiger partial charge in [-0.25, -0.2) is 0 Å². The van der Waals surface area contributed by atoms with Crippen molar-refractivity contribution >= 4 is 28.4 Å². The average Bonchev–Trinajstić information content (AvgIpc) is 3.52. The second-order valence-electron chi connectivity index (χ2n) is 12.9. The minimum Gasteiger partial charge on any atom is -0.488 e. The third-order valence-corrected chi connectivity index (χ3v) is 9.71. The Bertz CT molecular complexity index is 1990. The van der Waals surface area contributed by atoms with Crippen LogP contribution in [0.5, 0.6) is 11.5 Å². The van der Waals surface area contributed by atoms with Gasteiger partial charge in [0.25, 0.3) is 0 Å². The molecule has 0 aliphatic carbocycles. The fraction of sp³-hybridized carbons (Fsp3) is 0.317. The topological polar surface area (TPSA) is 106 Å². The van der Waals surface area contributed by atoms with Gasteiger partial charge in [-0.2, -0.15) is 5.26 Å². The van der Waals surface area contributed by atoms with Gasteiger partial charge >= 0.3 is 0 Å². The number of aromatic nitrogens is 1. The van der Waals surface area contributed by atoms with Crippen LogP contribution in [0.2, 0.25) is 5.02 Å². The summed E-state index contributed by atoms with van der Waals surface area (Å²) in [5.41, 5.74) is 13.5. The SMILES string of the molecule is Cc1c(COc2cc(OCc3cccc(C#N)c3)c(CNCCCC(N)=O)cc2Cl)cccc1-c1cccc2c1ccn2CCCN1CCC1. The standard InChI is InChI=1S/C41H44ClN5O3/c1-29-32(10-3-11-34(29)35-12-4-13-38-36(35)15-21-47(38)20-7-19-46-17-6-18-46)28-50-40-24-39(49-27-31-9-2-8-30(22-31)25-43)33(23-37(40)42)26-45-16-5-14-41(44)48/h2-4,8-13,15,21-24,45H,5-7,14,16-20,26-28H2,1H3,(H2,44,48). The Kier molecular flexibility index (Phi) is 11.7. The number of fused-ring (bicyclic) bond motifs is 1. The van der Waals surface area contributed by atoms with Crippen molar-refractivity contribution in [1.29, 1.82) is 5.26 Å². The minimum absolute atomic E-state index is 0.276. The van der Waals surface area contributed by atoms with Crippen LogP contribution >= 0.6 is 11.6 Å². The number of carbonyl (C=O) groups excluding carboxylic acids is 1. The van der Waals surface area contributed by atoms with E-state index in [-0.39, 0.29) is 12.5 Å². The molecular weight excluding hydrogens is 646 g/mol. The molecule has 6 rings (SSSR count).